The average Bonchev–Trinajstić information content (AvgIpc) is 2.58. The number of carbonyl (C=O) groups is 2. The summed E-state index contributed by atoms with van der Waals surface area (Å²) in [6.45, 7) is 7.85. The van der Waals surface area contributed by atoms with Crippen LogP contribution >= 0.6 is 0 Å². The third-order valence-corrected chi connectivity index (χ3v) is 4.43. The van der Waals surface area contributed by atoms with Crippen LogP contribution in [0.2, 0.25) is 0 Å². The molecule has 2 rings (SSSR count). The fraction of sp³-hybridized carbons (Fsp3) is 0.500. The first kappa shape index (κ1) is 17.8. The Labute approximate surface area is 142 Å². The number of carbonyl (C=O) groups excluding carboxylic acids is 2. The van der Waals surface area contributed by atoms with Crippen molar-refractivity contribution in [3.63, 3.8) is 0 Å². The minimum atomic E-state index is -0.174. The Kier molecular flexibility index (Phi) is 5.80. The smallest absolute Gasteiger partial charge is 0.260 e. The monoisotopic (exact) mass is 329 g/mol. The molecular formula is C18H23N3O3. The summed E-state index contributed by atoms with van der Waals surface area (Å²) in [5, 5.41) is 8.57. The first-order valence-corrected chi connectivity index (χ1v) is 8.06. The molecule has 24 heavy (non-hydrogen) atoms. The van der Waals surface area contributed by atoms with E-state index < -0.39 is 0 Å². The molecule has 1 aromatic carbocycles. The minimum Gasteiger partial charge on any atom is -0.483 e. The molecule has 0 unspecified atom stereocenters. The fourth-order valence-electron chi connectivity index (χ4n) is 2.76. The van der Waals surface area contributed by atoms with Crippen LogP contribution in [0.3, 0.4) is 0 Å². The molecule has 0 aromatic heterocycles. The van der Waals surface area contributed by atoms with Gasteiger partial charge in [0.1, 0.15) is 12.2 Å². The molecule has 1 aliphatic heterocycles. The average molecular weight is 329 g/mol. The van der Waals surface area contributed by atoms with Crippen molar-refractivity contribution in [2.45, 2.75) is 27.2 Å². The maximum Gasteiger partial charge on any atom is 0.260 e. The molecular weight excluding hydrogens is 306 g/mol. The van der Waals surface area contributed by atoms with Crippen LogP contribution in [0.5, 0.6) is 5.75 Å². The van der Waals surface area contributed by atoms with Gasteiger partial charge in [0.15, 0.2) is 6.61 Å². The van der Waals surface area contributed by atoms with E-state index in [2.05, 4.69) is 0 Å². The van der Waals surface area contributed by atoms with Crippen LogP contribution in [0.25, 0.3) is 0 Å². The van der Waals surface area contributed by atoms with Crippen molar-refractivity contribution in [2.24, 2.45) is 0 Å². The maximum absolute atomic E-state index is 12.3. The van der Waals surface area contributed by atoms with Crippen LogP contribution in [-0.2, 0) is 9.59 Å². The van der Waals surface area contributed by atoms with Gasteiger partial charge in [-0.1, -0.05) is 12.1 Å². The highest BCUT2D eigenvalue weighted by Gasteiger charge is 2.24. The van der Waals surface area contributed by atoms with Crippen molar-refractivity contribution in [1.82, 2.24) is 9.80 Å². The Morgan fingerprint density at radius 3 is 2.17 bits per heavy atom. The predicted octanol–water partition coefficient (Wildman–Crippen LogP) is 1.58. The Balaban J connectivity index is 1.88. The predicted molar refractivity (Wildman–Crippen MR) is 89.5 cm³/mol. The molecule has 0 saturated carbocycles. The first-order valence-electron chi connectivity index (χ1n) is 8.06. The van der Waals surface area contributed by atoms with Crippen LogP contribution in [0, 0.1) is 32.1 Å². The summed E-state index contributed by atoms with van der Waals surface area (Å²) in [4.78, 5) is 27.3. The van der Waals surface area contributed by atoms with Crippen molar-refractivity contribution in [1.29, 1.82) is 5.26 Å². The van der Waals surface area contributed by atoms with E-state index in [9.17, 15) is 9.59 Å². The molecule has 2 amide bonds. The van der Waals surface area contributed by atoms with Crippen molar-refractivity contribution in [3.8, 4) is 11.8 Å². The van der Waals surface area contributed by atoms with Crippen LogP contribution in [0.4, 0.5) is 0 Å². The SMILES string of the molecule is Cc1ccc(C)c(OCC(=O)N2CCN(C(=O)CC#N)CC2)c1C. The van der Waals surface area contributed by atoms with Crippen LogP contribution in [0.15, 0.2) is 12.1 Å². The summed E-state index contributed by atoms with van der Waals surface area (Å²) in [7, 11) is 0. The second kappa shape index (κ2) is 7.82. The van der Waals surface area contributed by atoms with Gasteiger partial charge in [0.25, 0.3) is 5.91 Å². The van der Waals surface area contributed by atoms with Crippen LogP contribution in [-0.4, -0.2) is 54.4 Å². The molecule has 6 heteroatoms. The lowest BCUT2D eigenvalue weighted by Crippen LogP contribution is -2.51. The molecule has 0 spiro atoms. The minimum absolute atomic E-state index is 0.00270. The van der Waals surface area contributed by atoms with Gasteiger partial charge >= 0.3 is 0 Å². The lowest BCUT2D eigenvalue weighted by Gasteiger charge is -2.34. The third kappa shape index (κ3) is 4.05. The third-order valence-electron chi connectivity index (χ3n) is 4.43. The van der Waals surface area contributed by atoms with E-state index in [0.29, 0.717) is 26.2 Å². The van der Waals surface area contributed by atoms with Gasteiger partial charge in [0.2, 0.25) is 5.91 Å². The molecule has 6 nitrogen and oxygen atoms in total. The lowest BCUT2D eigenvalue weighted by molar-refractivity contribution is -0.140. The zero-order valence-corrected chi connectivity index (χ0v) is 14.5. The molecule has 1 aliphatic rings. The molecule has 0 bridgehead atoms. The molecule has 1 heterocycles. The summed E-state index contributed by atoms with van der Waals surface area (Å²) in [5.74, 6) is 0.515. The van der Waals surface area contributed by atoms with Crippen LogP contribution < -0.4 is 4.74 Å². The molecule has 0 aliphatic carbocycles. The lowest BCUT2D eigenvalue weighted by atomic mass is 10.1. The van der Waals surface area contributed by atoms with Gasteiger partial charge in [0.05, 0.1) is 6.07 Å². The Hall–Kier alpha value is -2.55. The number of benzene rings is 1. The molecule has 0 radical (unpaired) electrons. The second-order valence-electron chi connectivity index (χ2n) is 6.04. The number of nitrogens with zero attached hydrogens (tertiary/aromatic N) is 3. The number of rotatable bonds is 4. The van der Waals surface area contributed by atoms with Gasteiger partial charge in [-0.05, 0) is 37.5 Å². The van der Waals surface area contributed by atoms with E-state index in [1.807, 2.05) is 39.0 Å². The number of hydrogen-bond acceptors (Lipinski definition) is 4. The Bertz CT molecular complexity index is 671. The van der Waals surface area contributed by atoms with Gasteiger partial charge in [-0.2, -0.15) is 5.26 Å². The highest BCUT2D eigenvalue weighted by atomic mass is 16.5. The number of ether oxygens (including phenoxy) is 1. The summed E-state index contributed by atoms with van der Waals surface area (Å²) >= 11 is 0. The molecule has 1 fully saturated rings. The number of piperazine rings is 1. The van der Waals surface area contributed by atoms with Gasteiger partial charge in [-0.25, -0.2) is 0 Å². The van der Waals surface area contributed by atoms with E-state index in [1.54, 1.807) is 9.80 Å². The molecule has 0 atom stereocenters. The standard InChI is InChI=1S/C18H23N3O3/c1-13-4-5-14(2)18(15(13)3)24-12-17(23)21-10-8-20(9-11-21)16(22)6-7-19/h4-5H,6,8-12H2,1-3H3. The Morgan fingerprint density at radius 1 is 1.04 bits per heavy atom. The van der Waals surface area contributed by atoms with Gasteiger partial charge in [0, 0.05) is 26.2 Å². The molecule has 0 N–H and O–H groups in total. The van der Waals surface area contributed by atoms with E-state index in [0.717, 1.165) is 22.4 Å². The quantitative estimate of drug-likeness (QED) is 0.840. The van der Waals surface area contributed by atoms with E-state index in [-0.39, 0.29) is 24.8 Å². The highest BCUT2D eigenvalue weighted by molar-refractivity contribution is 5.80. The van der Waals surface area contributed by atoms with Crippen molar-refractivity contribution < 1.29 is 14.3 Å². The van der Waals surface area contributed by atoms with Crippen molar-refractivity contribution in [2.75, 3.05) is 32.8 Å². The largest absolute Gasteiger partial charge is 0.483 e. The van der Waals surface area contributed by atoms with Gasteiger partial charge < -0.3 is 14.5 Å². The first-order chi connectivity index (χ1) is 11.4. The molecule has 1 saturated heterocycles. The summed E-state index contributed by atoms with van der Waals surface area (Å²) < 4.78 is 5.76. The van der Waals surface area contributed by atoms with Crippen LogP contribution in [0.1, 0.15) is 23.1 Å². The Morgan fingerprint density at radius 2 is 1.58 bits per heavy atom. The number of hydrogen-bond donors (Lipinski definition) is 0. The summed E-state index contributed by atoms with van der Waals surface area (Å²) in [5.41, 5.74) is 3.19. The molecule has 1 aromatic rings. The van der Waals surface area contributed by atoms with Gasteiger partial charge in [-0.15, -0.1) is 0 Å². The zero-order valence-electron chi connectivity index (χ0n) is 14.5. The number of nitriles is 1. The molecule has 128 valence electrons. The zero-order chi connectivity index (χ0) is 17.7. The second-order valence-corrected chi connectivity index (χ2v) is 6.04. The topological polar surface area (TPSA) is 73.6 Å². The summed E-state index contributed by atoms with van der Waals surface area (Å²) in [6, 6.07) is 5.89. The highest BCUT2D eigenvalue weighted by Crippen LogP contribution is 2.25. The fourth-order valence-corrected chi connectivity index (χ4v) is 2.76. The maximum atomic E-state index is 12.3. The van der Waals surface area contributed by atoms with Crippen molar-refractivity contribution >= 4 is 11.8 Å². The van der Waals surface area contributed by atoms with E-state index >= 15 is 0 Å². The van der Waals surface area contributed by atoms with Crippen molar-refractivity contribution in [3.05, 3.63) is 28.8 Å². The van der Waals surface area contributed by atoms with E-state index in [4.69, 9.17) is 10.00 Å². The normalized spacial score (nSPS) is 14.2. The number of amides is 2. The van der Waals surface area contributed by atoms with Gasteiger partial charge in [-0.3, -0.25) is 9.59 Å². The number of aryl methyl sites for hydroxylation is 2. The van der Waals surface area contributed by atoms with E-state index in [1.165, 1.54) is 0 Å². The summed E-state index contributed by atoms with van der Waals surface area (Å²) in [6.07, 6.45) is -0.108.